The first-order chi connectivity index (χ1) is 11.6. The van der Waals surface area contributed by atoms with Crippen molar-refractivity contribution in [3.63, 3.8) is 0 Å². The number of rotatable bonds is 7. The number of amides is 1. The normalized spacial score (nSPS) is 15.5. The molecule has 3 rings (SSSR count). The molecule has 0 radical (unpaired) electrons. The molecule has 1 aliphatic rings. The number of halogens is 1. The number of benzene rings is 1. The van der Waals surface area contributed by atoms with Crippen LogP contribution in [0.25, 0.3) is 10.9 Å². The van der Waals surface area contributed by atoms with E-state index in [1.807, 2.05) is 12.1 Å². The summed E-state index contributed by atoms with van der Waals surface area (Å²) in [7, 11) is 1.54. The van der Waals surface area contributed by atoms with Gasteiger partial charge in [-0.15, -0.1) is 0 Å². The Morgan fingerprint density at radius 3 is 2.96 bits per heavy atom. The first kappa shape index (κ1) is 17.1. The predicted octanol–water partition coefficient (Wildman–Crippen LogP) is 2.89. The van der Waals surface area contributed by atoms with Gasteiger partial charge in [-0.2, -0.15) is 0 Å². The molecule has 24 heavy (non-hydrogen) atoms. The minimum Gasteiger partial charge on any atom is -0.391 e. The Bertz CT molecular complexity index is 746. The molecule has 6 heteroatoms. The Morgan fingerprint density at radius 2 is 2.25 bits per heavy atom. The fourth-order valence-corrected chi connectivity index (χ4v) is 2.89. The van der Waals surface area contributed by atoms with Crippen LogP contribution in [0.2, 0.25) is 5.02 Å². The second-order valence-electron chi connectivity index (χ2n) is 6.18. The first-order valence-electron chi connectivity index (χ1n) is 8.14. The lowest BCUT2D eigenvalue weighted by atomic mass is 10.1. The average Bonchev–Trinajstić information content (AvgIpc) is 3.39. The molecule has 2 aromatic rings. The van der Waals surface area contributed by atoms with Crippen molar-refractivity contribution in [1.82, 2.24) is 10.3 Å². The van der Waals surface area contributed by atoms with E-state index in [1.54, 1.807) is 12.1 Å². The summed E-state index contributed by atoms with van der Waals surface area (Å²) >= 11 is 6.08. The summed E-state index contributed by atoms with van der Waals surface area (Å²) in [5.74, 6) is 0.288. The molecule has 1 unspecified atom stereocenters. The van der Waals surface area contributed by atoms with Crippen molar-refractivity contribution in [3.05, 3.63) is 40.5 Å². The van der Waals surface area contributed by atoms with Gasteiger partial charge in [-0.3, -0.25) is 9.78 Å². The standard InChI is InChI=1S/C18H21ClN2O3/c1-24-10-13(22)6-7-20-18(23)15-9-17(11-2-3-11)21-16-5-4-12(19)8-14(15)16/h4-5,8-9,11,13,22H,2-3,6-7,10H2,1H3,(H,20,23). The van der Waals surface area contributed by atoms with Gasteiger partial charge in [0, 0.05) is 35.7 Å². The van der Waals surface area contributed by atoms with Gasteiger partial charge in [0.25, 0.3) is 5.91 Å². The van der Waals surface area contributed by atoms with Crippen LogP contribution in [0, 0.1) is 0 Å². The summed E-state index contributed by atoms with van der Waals surface area (Å²) < 4.78 is 4.88. The van der Waals surface area contributed by atoms with E-state index in [0.29, 0.717) is 29.5 Å². The number of aliphatic hydroxyl groups excluding tert-OH is 1. The minimum absolute atomic E-state index is 0.170. The number of aliphatic hydroxyl groups is 1. The van der Waals surface area contributed by atoms with Crippen molar-refractivity contribution in [1.29, 1.82) is 0 Å². The molecule has 1 aliphatic carbocycles. The first-order valence-corrected chi connectivity index (χ1v) is 8.51. The molecule has 1 aromatic carbocycles. The van der Waals surface area contributed by atoms with Gasteiger partial charge in [-0.1, -0.05) is 11.6 Å². The fraction of sp³-hybridized carbons (Fsp3) is 0.444. The zero-order valence-corrected chi connectivity index (χ0v) is 14.3. The Kier molecular flexibility index (Phi) is 5.33. The van der Waals surface area contributed by atoms with E-state index in [4.69, 9.17) is 16.3 Å². The maximum atomic E-state index is 12.6. The van der Waals surface area contributed by atoms with Gasteiger partial charge in [0.05, 0.1) is 23.8 Å². The van der Waals surface area contributed by atoms with E-state index in [0.717, 1.165) is 29.4 Å². The van der Waals surface area contributed by atoms with Crippen LogP contribution in [0.1, 0.15) is 41.2 Å². The van der Waals surface area contributed by atoms with Crippen LogP contribution < -0.4 is 5.32 Å². The van der Waals surface area contributed by atoms with Gasteiger partial charge < -0.3 is 15.2 Å². The summed E-state index contributed by atoms with van der Waals surface area (Å²) in [6, 6.07) is 7.28. The zero-order chi connectivity index (χ0) is 17.1. The van der Waals surface area contributed by atoms with E-state index < -0.39 is 6.10 Å². The van der Waals surface area contributed by atoms with Crippen LogP contribution in [0.5, 0.6) is 0 Å². The van der Waals surface area contributed by atoms with Gasteiger partial charge >= 0.3 is 0 Å². The van der Waals surface area contributed by atoms with E-state index in [9.17, 15) is 9.90 Å². The van der Waals surface area contributed by atoms with Gasteiger partial charge in [-0.25, -0.2) is 0 Å². The summed E-state index contributed by atoms with van der Waals surface area (Å²) in [5.41, 5.74) is 2.34. The van der Waals surface area contributed by atoms with Gasteiger partial charge in [-0.05, 0) is 43.5 Å². The fourth-order valence-electron chi connectivity index (χ4n) is 2.72. The highest BCUT2D eigenvalue weighted by Gasteiger charge is 2.27. The Hall–Kier alpha value is -1.69. The summed E-state index contributed by atoms with van der Waals surface area (Å²) in [4.78, 5) is 17.3. The number of fused-ring (bicyclic) bond motifs is 1. The smallest absolute Gasteiger partial charge is 0.252 e. The Balaban J connectivity index is 1.81. The van der Waals surface area contributed by atoms with Crippen molar-refractivity contribution in [2.24, 2.45) is 0 Å². The van der Waals surface area contributed by atoms with Crippen molar-refractivity contribution < 1.29 is 14.6 Å². The summed E-state index contributed by atoms with van der Waals surface area (Å²) in [5, 5.41) is 13.9. The number of nitrogens with one attached hydrogen (secondary N) is 1. The van der Waals surface area contributed by atoms with Crippen LogP contribution in [0.4, 0.5) is 0 Å². The number of hydrogen-bond acceptors (Lipinski definition) is 4. The van der Waals surface area contributed by atoms with E-state index in [1.165, 1.54) is 7.11 Å². The zero-order valence-electron chi connectivity index (χ0n) is 13.6. The molecule has 5 nitrogen and oxygen atoms in total. The largest absolute Gasteiger partial charge is 0.391 e. The highest BCUT2D eigenvalue weighted by Crippen LogP contribution is 2.40. The molecular weight excluding hydrogens is 328 g/mol. The molecule has 128 valence electrons. The lowest BCUT2D eigenvalue weighted by Crippen LogP contribution is -2.28. The molecule has 0 saturated heterocycles. The van der Waals surface area contributed by atoms with E-state index >= 15 is 0 Å². The molecule has 0 aliphatic heterocycles. The maximum Gasteiger partial charge on any atom is 0.252 e. The highest BCUT2D eigenvalue weighted by atomic mass is 35.5. The summed E-state index contributed by atoms with van der Waals surface area (Å²) in [6.45, 7) is 0.641. The maximum absolute atomic E-state index is 12.6. The monoisotopic (exact) mass is 348 g/mol. The second kappa shape index (κ2) is 7.47. The SMILES string of the molecule is COCC(O)CCNC(=O)c1cc(C2CC2)nc2ccc(Cl)cc12. The van der Waals surface area contributed by atoms with Crippen LogP contribution in [-0.2, 0) is 4.74 Å². The van der Waals surface area contributed by atoms with Crippen molar-refractivity contribution >= 4 is 28.4 Å². The Morgan fingerprint density at radius 1 is 1.46 bits per heavy atom. The minimum atomic E-state index is -0.582. The van der Waals surface area contributed by atoms with Crippen molar-refractivity contribution in [3.8, 4) is 0 Å². The molecule has 0 spiro atoms. The van der Waals surface area contributed by atoms with Crippen LogP contribution >= 0.6 is 11.6 Å². The average molecular weight is 349 g/mol. The van der Waals surface area contributed by atoms with Crippen LogP contribution in [0.15, 0.2) is 24.3 Å². The van der Waals surface area contributed by atoms with Gasteiger partial charge in [0.1, 0.15) is 0 Å². The topological polar surface area (TPSA) is 71.5 Å². The number of nitrogens with zero attached hydrogens (tertiary/aromatic N) is 1. The number of pyridine rings is 1. The van der Waals surface area contributed by atoms with Crippen molar-refractivity contribution in [2.45, 2.75) is 31.3 Å². The molecule has 2 N–H and O–H groups in total. The Labute approximate surface area is 146 Å². The molecule has 1 amide bonds. The summed E-state index contributed by atoms with van der Waals surface area (Å²) in [6.07, 6.45) is 2.10. The van der Waals surface area contributed by atoms with E-state index in [-0.39, 0.29) is 12.5 Å². The molecule has 1 fully saturated rings. The lowest BCUT2D eigenvalue weighted by molar-refractivity contribution is 0.0588. The second-order valence-corrected chi connectivity index (χ2v) is 6.62. The van der Waals surface area contributed by atoms with Crippen molar-refractivity contribution in [2.75, 3.05) is 20.3 Å². The number of ether oxygens (including phenoxy) is 1. The van der Waals surface area contributed by atoms with E-state index in [2.05, 4.69) is 10.3 Å². The molecule has 1 heterocycles. The number of carbonyl (C=O) groups excluding carboxylic acids is 1. The van der Waals surface area contributed by atoms with Crippen LogP contribution in [-0.4, -0.2) is 42.4 Å². The third-order valence-electron chi connectivity index (χ3n) is 4.15. The molecular formula is C18H21ClN2O3. The predicted molar refractivity (Wildman–Crippen MR) is 93.6 cm³/mol. The van der Waals surface area contributed by atoms with Gasteiger partial charge in [0.2, 0.25) is 0 Å². The molecule has 1 saturated carbocycles. The quantitative estimate of drug-likeness (QED) is 0.807. The molecule has 1 aromatic heterocycles. The number of carbonyl (C=O) groups is 1. The molecule has 0 bridgehead atoms. The molecule has 1 atom stereocenters. The number of hydrogen-bond donors (Lipinski definition) is 2. The van der Waals surface area contributed by atoms with Crippen LogP contribution in [0.3, 0.4) is 0 Å². The third-order valence-corrected chi connectivity index (χ3v) is 4.39. The number of aromatic nitrogens is 1. The lowest BCUT2D eigenvalue weighted by Gasteiger charge is -2.12. The highest BCUT2D eigenvalue weighted by molar-refractivity contribution is 6.31. The number of methoxy groups -OCH3 is 1. The third kappa shape index (κ3) is 4.04. The van der Waals surface area contributed by atoms with Gasteiger partial charge in [0.15, 0.2) is 0 Å².